The van der Waals surface area contributed by atoms with Crippen molar-refractivity contribution in [3.63, 3.8) is 0 Å². The molecule has 0 spiro atoms. The van der Waals surface area contributed by atoms with Crippen molar-refractivity contribution in [2.75, 3.05) is 5.73 Å². The Hall–Kier alpha value is -1.59. The van der Waals surface area contributed by atoms with Crippen LogP contribution in [0.25, 0.3) is 0 Å². The number of carbonyl (C=O) groups excluding carboxylic acids is 1. The molecule has 0 aromatic heterocycles. The molecule has 0 fully saturated rings. The van der Waals surface area contributed by atoms with Gasteiger partial charge in [0.2, 0.25) is 5.91 Å². The highest BCUT2D eigenvalue weighted by molar-refractivity contribution is 5.80. The van der Waals surface area contributed by atoms with Gasteiger partial charge in [0.1, 0.15) is 6.10 Å². The van der Waals surface area contributed by atoms with Gasteiger partial charge in [0.15, 0.2) is 6.10 Å². The number of nitrogens with two attached hydrogens (primary N) is 2. The molecule has 2 unspecified atom stereocenters. The number of hydrogen-bond acceptors (Lipinski definition) is 4. The number of primary amides is 1. The fourth-order valence-corrected chi connectivity index (χ4v) is 1.58. The van der Waals surface area contributed by atoms with E-state index in [-0.39, 0.29) is 0 Å². The predicted molar refractivity (Wildman–Crippen MR) is 60.5 cm³/mol. The van der Waals surface area contributed by atoms with Gasteiger partial charge >= 0.3 is 0 Å². The molecule has 0 aliphatic heterocycles. The van der Waals surface area contributed by atoms with Crippen molar-refractivity contribution in [3.05, 3.63) is 28.8 Å². The van der Waals surface area contributed by atoms with Crippen molar-refractivity contribution < 1.29 is 15.0 Å². The molecule has 1 aromatic rings. The Kier molecular flexibility index (Phi) is 3.51. The number of aliphatic hydroxyl groups is 2. The first-order valence-corrected chi connectivity index (χ1v) is 4.86. The molecule has 2 atom stereocenters. The van der Waals surface area contributed by atoms with Crippen molar-refractivity contribution in [3.8, 4) is 0 Å². The van der Waals surface area contributed by atoms with E-state index in [1.54, 1.807) is 13.0 Å². The zero-order valence-corrected chi connectivity index (χ0v) is 9.27. The lowest BCUT2D eigenvalue weighted by Gasteiger charge is -2.18. The third-order valence-corrected chi connectivity index (χ3v) is 2.47. The fourth-order valence-electron chi connectivity index (χ4n) is 1.58. The summed E-state index contributed by atoms with van der Waals surface area (Å²) >= 11 is 0. The van der Waals surface area contributed by atoms with Gasteiger partial charge in [0, 0.05) is 11.3 Å². The number of anilines is 1. The zero-order valence-electron chi connectivity index (χ0n) is 9.27. The first-order valence-electron chi connectivity index (χ1n) is 4.86. The first kappa shape index (κ1) is 12.5. The number of amides is 1. The molecule has 0 radical (unpaired) electrons. The third-order valence-electron chi connectivity index (χ3n) is 2.47. The summed E-state index contributed by atoms with van der Waals surface area (Å²) in [6, 6.07) is 3.47. The molecule has 1 aromatic carbocycles. The largest absolute Gasteiger partial charge is 0.398 e. The Balaban J connectivity index is 3.17. The highest BCUT2D eigenvalue weighted by atomic mass is 16.3. The highest BCUT2D eigenvalue weighted by Gasteiger charge is 2.25. The second kappa shape index (κ2) is 4.51. The van der Waals surface area contributed by atoms with E-state index in [9.17, 15) is 15.0 Å². The second-order valence-corrected chi connectivity index (χ2v) is 3.88. The molecule has 0 heterocycles. The number of aryl methyl sites for hydroxylation is 2. The number of rotatable bonds is 3. The Morgan fingerprint density at radius 1 is 1.31 bits per heavy atom. The van der Waals surface area contributed by atoms with Crippen molar-refractivity contribution >= 4 is 11.6 Å². The van der Waals surface area contributed by atoms with Crippen LogP contribution in [-0.4, -0.2) is 22.2 Å². The normalized spacial score (nSPS) is 14.5. The molecule has 5 nitrogen and oxygen atoms in total. The van der Waals surface area contributed by atoms with Gasteiger partial charge in [-0.25, -0.2) is 0 Å². The van der Waals surface area contributed by atoms with E-state index in [1.807, 2.05) is 13.0 Å². The SMILES string of the molecule is Cc1cc(C)c(N)c(C(O)C(O)C(N)=O)c1. The van der Waals surface area contributed by atoms with Crippen LogP contribution in [-0.2, 0) is 4.79 Å². The number of nitrogen functional groups attached to an aromatic ring is 1. The molecule has 0 saturated heterocycles. The van der Waals surface area contributed by atoms with Gasteiger partial charge in [-0.1, -0.05) is 17.7 Å². The minimum atomic E-state index is -1.65. The van der Waals surface area contributed by atoms with Crippen LogP contribution < -0.4 is 11.5 Å². The van der Waals surface area contributed by atoms with E-state index < -0.39 is 18.1 Å². The number of carbonyl (C=O) groups is 1. The first-order chi connectivity index (χ1) is 7.34. The lowest BCUT2D eigenvalue weighted by molar-refractivity contribution is -0.131. The van der Waals surface area contributed by atoms with Crippen LogP contribution in [0.3, 0.4) is 0 Å². The van der Waals surface area contributed by atoms with Crippen LogP contribution in [0.2, 0.25) is 0 Å². The number of benzene rings is 1. The van der Waals surface area contributed by atoms with E-state index in [4.69, 9.17) is 11.5 Å². The summed E-state index contributed by atoms with van der Waals surface area (Å²) in [5.74, 6) is -0.981. The van der Waals surface area contributed by atoms with Crippen molar-refractivity contribution in [2.24, 2.45) is 5.73 Å². The van der Waals surface area contributed by atoms with Crippen LogP contribution >= 0.6 is 0 Å². The number of aliphatic hydroxyl groups excluding tert-OH is 2. The quantitative estimate of drug-likeness (QED) is 0.531. The van der Waals surface area contributed by atoms with Crippen LogP contribution in [0, 0.1) is 13.8 Å². The van der Waals surface area contributed by atoms with Gasteiger partial charge in [-0.15, -0.1) is 0 Å². The maximum Gasteiger partial charge on any atom is 0.249 e. The number of hydrogen-bond donors (Lipinski definition) is 4. The van der Waals surface area contributed by atoms with Gasteiger partial charge in [-0.2, -0.15) is 0 Å². The van der Waals surface area contributed by atoms with Gasteiger partial charge in [-0.05, 0) is 19.4 Å². The van der Waals surface area contributed by atoms with Crippen LogP contribution in [0.5, 0.6) is 0 Å². The van der Waals surface area contributed by atoms with Gasteiger partial charge in [0.05, 0.1) is 0 Å². The molecular weight excluding hydrogens is 208 g/mol. The molecular formula is C11H16N2O3. The molecule has 5 heteroatoms. The zero-order chi connectivity index (χ0) is 12.5. The van der Waals surface area contributed by atoms with Gasteiger partial charge < -0.3 is 21.7 Å². The molecule has 0 bridgehead atoms. The standard InChI is InChI=1S/C11H16N2O3/c1-5-3-6(2)8(12)7(4-5)9(14)10(15)11(13)16/h3-4,9-10,14-15H,12H2,1-2H3,(H2,13,16). The van der Waals surface area contributed by atoms with Crippen LogP contribution in [0.4, 0.5) is 5.69 Å². The second-order valence-electron chi connectivity index (χ2n) is 3.88. The Morgan fingerprint density at radius 3 is 2.38 bits per heavy atom. The Morgan fingerprint density at radius 2 is 1.88 bits per heavy atom. The van der Waals surface area contributed by atoms with Crippen molar-refractivity contribution in [1.29, 1.82) is 0 Å². The Bertz CT molecular complexity index is 418. The average Bonchev–Trinajstić information content (AvgIpc) is 2.21. The van der Waals surface area contributed by atoms with E-state index in [2.05, 4.69) is 0 Å². The summed E-state index contributed by atoms with van der Waals surface area (Å²) in [7, 11) is 0. The van der Waals surface area contributed by atoms with E-state index in [1.165, 1.54) is 0 Å². The molecule has 0 aliphatic carbocycles. The molecule has 1 rings (SSSR count). The summed E-state index contributed by atoms with van der Waals surface area (Å²) in [4.78, 5) is 10.8. The monoisotopic (exact) mass is 224 g/mol. The highest BCUT2D eigenvalue weighted by Crippen LogP contribution is 2.27. The van der Waals surface area contributed by atoms with Crippen molar-refractivity contribution in [2.45, 2.75) is 26.1 Å². The maximum atomic E-state index is 10.8. The summed E-state index contributed by atoms with van der Waals surface area (Å²) in [5.41, 5.74) is 13.0. The molecule has 6 N–H and O–H groups in total. The molecule has 0 saturated carbocycles. The predicted octanol–water partition coefficient (Wildman–Crippen LogP) is -0.235. The van der Waals surface area contributed by atoms with Crippen molar-refractivity contribution in [1.82, 2.24) is 0 Å². The lowest BCUT2D eigenvalue weighted by atomic mass is 9.97. The molecule has 1 amide bonds. The van der Waals surface area contributed by atoms with Crippen LogP contribution in [0.15, 0.2) is 12.1 Å². The van der Waals surface area contributed by atoms with E-state index >= 15 is 0 Å². The summed E-state index contributed by atoms with van der Waals surface area (Å²) in [6.45, 7) is 3.62. The summed E-state index contributed by atoms with van der Waals surface area (Å²) in [6.07, 6.45) is -3.04. The van der Waals surface area contributed by atoms with Gasteiger partial charge in [-0.3, -0.25) is 4.79 Å². The third kappa shape index (κ3) is 2.32. The van der Waals surface area contributed by atoms with Gasteiger partial charge in [0.25, 0.3) is 0 Å². The average molecular weight is 224 g/mol. The lowest BCUT2D eigenvalue weighted by Crippen LogP contribution is -2.34. The molecule has 16 heavy (non-hydrogen) atoms. The van der Waals surface area contributed by atoms with Crippen LogP contribution in [0.1, 0.15) is 22.8 Å². The molecule has 88 valence electrons. The smallest absolute Gasteiger partial charge is 0.249 e. The topological polar surface area (TPSA) is 110 Å². The maximum absolute atomic E-state index is 10.8. The van der Waals surface area contributed by atoms with E-state index in [0.29, 0.717) is 11.3 Å². The minimum Gasteiger partial charge on any atom is -0.398 e. The summed E-state index contributed by atoms with van der Waals surface area (Å²) in [5, 5.41) is 19.1. The molecule has 0 aliphatic rings. The Labute approximate surface area is 93.7 Å². The summed E-state index contributed by atoms with van der Waals surface area (Å²) < 4.78 is 0. The minimum absolute atomic E-state index is 0.323. The fraction of sp³-hybridized carbons (Fsp3) is 0.364. The van der Waals surface area contributed by atoms with E-state index in [0.717, 1.165) is 11.1 Å².